The van der Waals surface area contributed by atoms with E-state index in [0.717, 1.165) is 10.5 Å². The molecule has 0 heterocycles. The summed E-state index contributed by atoms with van der Waals surface area (Å²) in [5.41, 5.74) is 0. The summed E-state index contributed by atoms with van der Waals surface area (Å²) in [6.07, 6.45) is 13.5. The van der Waals surface area contributed by atoms with E-state index in [1.165, 1.54) is 64.2 Å². The molecule has 2 aliphatic carbocycles. The van der Waals surface area contributed by atoms with E-state index >= 15 is 0 Å². The molecule has 2 saturated carbocycles. The molecular weight excluding hydrogens is 266 g/mol. The summed E-state index contributed by atoms with van der Waals surface area (Å²) < 4.78 is 0. The summed E-state index contributed by atoms with van der Waals surface area (Å²) in [5, 5.41) is 5.01. The quantitative estimate of drug-likeness (QED) is 0.773. The normalized spacial score (nSPS) is 29.1. The van der Waals surface area contributed by atoms with Crippen LogP contribution in [0.2, 0.25) is 0 Å². The van der Waals surface area contributed by atoms with Crippen molar-refractivity contribution in [3.63, 3.8) is 0 Å². The molecule has 0 bridgehead atoms. The topological polar surface area (TPSA) is 29.1 Å². The molecule has 116 valence electrons. The fourth-order valence-corrected chi connectivity index (χ4v) is 5.11. The van der Waals surface area contributed by atoms with Gasteiger partial charge in [-0.1, -0.05) is 39.5 Å². The molecule has 20 heavy (non-hydrogen) atoms. The third kappa shape index (κ3) is 5.31. The number of carbonyl (C=O) groups excluding carboxylic acids is 1. The standard InChI is InChI=1S/C17H31NOS/c1-13(2)17(19)18-14-7-6-10-16(12-11-14)20-15-8-4-3-5-9-15/h13-16H,3-12H2,1-2H3,(H,18,19). The van der Waals surface area contributed by atoms with Crippen LogP contribution in [-0.4, -0.2) is 22.4 Å². The second-order valence-electron chi connectivity index (χ2n) is 6.89. The molecule has 2 atom stereocenters. The largest absolute Gasteiger partial charge is 0.353 e. The van der Waals surface area contributed by atoms with E-state index < -0.39 is 0 Å². The monoisotopic (exact) mass is 297 g/mol. The Kier molecular flexibility index (Phi) is 6.73. The molecule has 2 unspecified atom stereocenters. The van der Waals surface area contributed by atoms with Crippen LogP contribution >= 0.6 is 11.8 Å². The van der Waals surface area contributed by atoms with E-state index in [2.05, 4.69) is 17.1 Å². The zero-order valence-electron chi connectivity index (χ0n) is 13.2. The van der Waals surface area contributed by atoms with Crippen LogP contribution in [0.5, 0.6) is 0 Å². The van der Waals surface area contributed by atoms with Crippen LogP contribution < -0.4 is 5.32 Å². The van der Waals surface area contributed by atoms with Crippen molar-refractivity contribution in [2.45, 2.75) is 94.6 Å². The van der Waals surface area contributed by atoms with Crippen molar-refractivity contribution in [1.82, 2.24) is 5.32 Å². The summed E-state index contributed by atoms with van der Waals surface area (Å²) >= 11 is 2.27. The van der Waals surface area contributed by atoms with Crippen LogP contribution in [0.25, 0.3) is 0 Å². The number of nitrogens with one attached hydrogen (secondary N) is 1. The second-order valence-corrected chi connectivity index (χ2v) is 8.49. The van der Waals surface area contributed by atoms with Gasteiger partial charge in [0.2, 0.25) is 5.91 Å². The first-order valence-electron chi connectivity index (χ1n) is 8.61. The van der Waals surface area contributed by atoms with Gasteiger partial charge in [-0.2, -0.15) is 11.8 Å². The first kappa shape index (κ1) is 16.2. The molecule has 0 aromatic heterocycles. The van der Waals surface area contributed by atoms with Gasteiger partial charge in [-0.15, -0.1) is 0 Å². The molecule has 0 aromatic rings. The first-order chi connectivity index (χ1) is 9.65. The Hall–Kier alpha value is -0.180. The maximum absolute atomic E-state index is 11.8. The number of hydrogen-bond acceptors (Lipinski definition) is 2. The van der Waals surface area contributed by atoms with Gasteiger partial charge in [-0.05, 0) is 38.5 Å². The number of hydrogen-bond donors (Lipinski definition) is 1. The minimum atomic E-state index is 0.116. The summed E-state index contributed by atoms with van der Waals surface area (Å²) in [7, 11) is 0. The molecule has 2 aliphatic rings. The van der Waals surface area contributed by atoms with Crippen LogP contribution in [0.1, 0.15) is 78.1 Å². The lowest BCUT2D eigenvalue weighted by atomic mass is 10.0. The number of rotatable bonds is 4. The molecule has 0 aromatic carbocycles. The Labute approximate surface area is 128 Å². The van der Waals surface area contributed by atoms with Crippen LogP contribution in [0.15, 0.2) is 0 Å². The van der Waals surface area contributed by atoms with Gasteiger partial charge in [-0.3, -0.25) is 4.79 Å². The van der Waals surface area contributed by atoms with Crippen molar-refractivity contribution in [1.29, 1.82) is 0 Å². The fraction of sp³-hybridized carbons (Fsp3) is 0.941. The van der Waals surface area contributed by atoms with E-state index in [0.29, 0.717) is 6.04 Å². The predicted molar refractivity (Wildman–Crippen MR) is 88.1 cm³/mol. The van der Waals surface area contributed by atoms with Crippen LogP contribution in [0, 0.1) is 5.92 Å². The molecule has 1 amide bonds. The van der Waals surface area contributed by atoms with Crippen molar-refractivity contribution in [2.75, 3.05) is 0 Å². The van der Waals surface area contributed by atoms with Crippen molar-refractivity contribution < 1.29 is 4.79 Å². The summed E-state index contributed by atoms with van der Waals surface area (Å²) in [5.74, 6) is 0.346. The van der Waals surface area contributed by atoms with Gasteiger partial charge < -0.3 is 5.32 Å². The first-order valence-corrected chi connectivity index (χ1v) is 9.55. The zero-order valence-corrected chi connectivity index (χ0v) is 14.0. The Balaban J connectivity index is 1.72. The van der Waals surface area contributed by atoms with Gasteiger partial charge in [0.25, 0.3) is 0 Å². The molecule has 2 nitrogen and oxygen atoms in total. The summed E-state index contributed by atoms with van der Waals surface area (Å²) in [4.78, 5) is 11.8. The lowest BCUT2D eigenvalue weighted by Gasteiger charge is -2.25. The van der Waals surface area contributed by atoms with E-state index in [9.17, 15) is 4.79 Å². The second kappa shape index (κ2) is 8.31. The Morgan fingerprint density at radius 2 is 1.55 bits per heavy atom. The SMILES string of the molecule is CC(C)C(=O)NC1CCCC(SC2CCCCC2)CC1. The average Bonchev–Trinajstić information content (AvgIpc) is 2.65. The molecule has 2 rings (SSSR count). The molecule has 0 radical (unpaired) electrons. The van der Waals surface area contributed by atoms with Crippen LogP contribution in [0.4, 0.5) is 0 Å². The Bertz CT molecular complexity index is 299. The Morgan fingerprint density at radius 3 is 2.25 bits per heavy atom. The van der Waals surface area contributed by atoms with E-state index in [1.807, 2.05) is 13.8 Å². The highest BCUT2D eigenvalue weighted by atomic mass is 32.2. The van der Waals surface area contributed by atoms with Gasteiger partial charge >= 0.3 is 0 Å². The summed E-state index contributed by atoms with van der Waals surface area (Å²) in [6, 6.07) is 0.432. The highest BCUT2D eigenvalue weighted by Crippen LogP contribution is 2.36. The van der Waals surface area contributed by atoms with Gasteiger partial charge in [-0.25, -0.2) is 0 Å². The molecule has 2 fully saturated rings. The van der Waals surface area contributed by atoms with Gasteiger partial charge in [0.15, 0.2) is 0 Å². The molecule has 3 heteroatoms. The minimum absolute atomic E-state index is 0.116. The van der Waals surface area contributed by atoms with Crippen molar-refractivity contribution in [2.24, 2.45) is 5.92 Å². The lowest BCUT2D eigenvalue weighted by Crippen LogP contribution is -2.37. The maximum atomic E-state index is 11.8. The zero-order chi connectivity index (χ0) is 14.4. The molecule has 1 N–H and O–H groups in total. The van der Waals surface area contributed by atoms with Gasteiger partial charge in [0, 0.05) is 22.5 Å². The van der Waals surface area contributed by atoms with Crippen LogP contribution in [0.3, 0.4) is 0 Å². The minimum Gasteiger partial charge on any atom is -0.353 e. The average molecular weight is 298 g/mol. The molecular formula is C17H31NOS. The Morgan fingerprint density at radius 1 is 0.900 bits per heavy atom. The predicted octanol–water partition coefficient (Wildman–Crippen LogP) is 4.53. The van der Waals surface area contributed by atoms with Gasteiger partial charge in [0.05, 0.1) is 0 Å². The fourth-order valence-electron chi connectivity index (χ4n) is 3.39. The number of thioether (sulfide) groups is 1. The van der Waals surface area contributed by atoms with Crippen LogP contribution in [-0.2, 0) is 4.79 Å². The van der Waals surface area contributed by atoms with E-state index in [4.69, 9.17) is 0 Å². The number of amides is 1. The highest BCUT2D eigenvalue weighted by Gasteiger charge is 2.24. The molecule has 0 saturated heterocycles. The van der Waals surface area contributed by atoms with Crippen molar-refractivity contribution >= 4 is 17.7 Å². The van der Waals surface area contributed by atoms with Crippen molar-refractivity contribution in [3.8, 4) is 0 Å². The third-order valence-electron chi connectivity index (χ3n) is 4.72. The van der Waals surface area contributed by atoms with Crippen molar-refractivity contribution in [3.05, 3.63) is 0 Å². The number of carbonyl (C=O) groups is 1. The van der Waals surface area contributed by atoms with Gasteiger partial charge in [0.1, 0.15) is 0 Å². The third-order valence-corrected chi connectivity index (χ3v) is 6.44. The maximum Gasteiger partial charge on any atom is 0.222 e. The summed E-state index contributed by atoms with van der Waals surface area (Å²) in [6.45, 7) is 3.96. The smallest absolute Gasteiger partial charge is 0.222 e. The van der Waals surface area contributed by atoms with E-state index in [-0.39, 0.29) is 11.8 Å². The highest BCUT2D eigenvalue weighted by molar-refractivity contribution is 8.00. The lowest BCUT2D eigenvalue weighted by molar-refractivity contribution is -0.124. The van der Waals surface area contributed by atoms with E-state index in [1.54, 1.807) is 0 Å². The molecule has 0 aliphatic heterocycles. The molecule has 0 spiro atoms.